The molecule has 1 aromatic heterocycles. The number of hydrogen-bond donors (Lipinski definition) is 1. The first kappa shape index (κ1) is 22.5. The Bertz CT molecular complexity index is 1130. The van der Waals surface area contributed by atoms with E-state index in [0.29, 0.717) is 56.7 Å². The van der Waals surface area contributed by atoms with Crippen LogP contribution in [0.3, 0.4) is 0 Å². The third-order valence-corrected chi connectivity index (χ3v) is 5.95. The molecule has 0 radical (unpaired) electrons. The fraction of sp³-hybridized carbons (Fsp3) is 0.400. The number of hydrogen-bond acceptors (Lipinski definition) is 8. The lowest BCUT2D eigenvalue weighted by Crippen LogP contribution is -2.44. The molecule has 2 aliphatic rings. The van der Waals surface area contributed by atoms with Gasteiger partial charge in [-0.1, -0.05) is 29.4 Å². The lowest BCUT2D eigenvalue weighted by molar-refractivity contribution is -0.122. The van der Waals surface area contributed by atoms with Crippen LogP contribution in [0.4, 0.5) is 0 Å². The molecule has 1 fully saturated rings. The largest absolute Gasteiger partial charge is 0.457 e. The summed E-state index contributed by atoms with van der Waals surface area (Å²) in [6.07, 6.45) is 0.708. The van der Waals surface area contributed by atoms with Crippen LogP contribution < -0.4 is 10.1 Å². The summed E-state index contributed by atoms with van der Waals surface area (Å²) in [6.45, 7) is 2.74. The number of fused-ring (bicyclic) bond motifs is 5. The van der Waals surface area contributed by atoms with E-state index in [2.05, 4.69) is 20.4 Å². The third kappa shape index (κ3) is 5.61. The predicted octanol–water partition coefficient (Wildman–Crippen LogP) is 2.49. The van der Waals surface area contributed by atoms with Crippen molar-refractivity contribution in [2.24, 2.45) is 0 Å². The molecule has 178 valence electrons. The minimum Gasteiger partial charge on any atom is -0.457 e. The monoisotopic (exact) mass is 464 g/mol. The summed E-state index contributed by atoms with van der Waals surface area (Å²) in [7, 11) is 1.64. The van der Waals surface area contributed by atoms with Crippen molar-refractivity contribution in [1.82, 2.24) is 20.4 Å². The number of amides is 1. The molecule has 0 spiro atoms. The van der Waals surface area contributed by atoms with E-state index in [-0.39, 0.29) is 24.5 Å². The summed E-state index contributed by atoms with van der Waals surface area (Å²) in [5.41, 5.74) is 1.90. The number of nitrogens with one attached hydrogen (secondary N) is 1. The van der Waals surface area contributed by atoms with Crippen LogP contribution in [-0.2, 0) is 40.3 Å². The summed E-state index contributed by atoms with van der Waals surface area (Å²) >= 11 is 0. The second-order valence-electron chi connectivity index (χ2n) is 8.64. The molecule has 0 unspecified atom stereocenters. The number of ether oxygens (including phenoxy) is 3. The second-order valence-corrected chi connectivity index (χ2v) is 8.64. The Kier molecular flexibility index (Phi) is 6.84. The molecule has 0 aliphatic carbocycles. The van der Waals surface area contributed by atoms with Gasteiger partial charge in [0.05, 0.1) is 38.3 Å². The average molecular weight is 465 g/mol. The SMILES string of the molecule is COCCc1noc(CN2C[C@@H]3NC(=O)Cc4cccc(c4)Oc4cccc(c4)CO[C@H]3C2)n1. The van der Waals surface area contributed by atoms with Gasteiger partial charge in [-0.3, -0.25) is 9.69 Å². The second kappa shape index (κ2) is 10.3. The minimum atomic E-state index is -0.168. The van der Waals surface area contributed by atoms with Gasteiger partial charge in [0.25, 0.3) is 0 Å². The standard InChI is InChI=1S/C25H28N4O5/c1-31-9-8-23-27-25(34-28-23)15-29-13-21-22(14-29)32-16-18-5-3-7-20(11-18)33-19-6-2-4-17(10-19)12-24(30)26-21/h2-7,10-11,21-22H,8-9,12-16H2,1H3,(H,26,30)/t21-,22-/m0/s1. The molecule has 3 heterocycles. The van der Waals surface area contributed by atoms with Crippen LogP contribution in [0, 0.1) is 0 Å². The predicted molar refractivity (Wildman–Crippen MR) is 122 cm³/mol. The van der Waals surface area contributed by atoms with Crippen LogP contribution in [0.1, 0.15) is 22.8 Å². The van der Waals surface area contributed by atoms with Crippen molar-refractivity contribution < 1.29 is 23.5 Å². The van der Waals surface area contributed by atoms with Gasteiger partial charge >= 0.3 is 0 Å². The Balaban J connectivity index is 1.32. The Morgan fingerprint density at radius 1 is 1.12 bits per heavy atom. The summed E-state index contributed by atoms with van der Waals surface area (Å²) in [4.78, 5) is 19.5. The third-order valence-electron chi connectivity index (χ3n) is 5.95. The highest BCUT2D eigenvalue weighted by atomic mass is 16.5. The topological polar surface area (TPSA) is 99.0 Å². The van der Waals surface area contributed by atoms with Gasteiger partial charge in [0.15, 0.2) is 5.82 Å². The number of methoxy groups -OCH3 is 1. The van der Waals surface area contributed by atoms with Gasteiger partial charge in [0.2, 0.25) is 11.8 Å². The summed E-state index contributed by atoms with van der Waals surface area (Å²) in [5, 5.41) is 7.18. The van der Waals surface area contributed by atoms with Crippen LogP contribution >= 0.6 is 0 Å². The van der Waals surface area contributed by atoms with Crippen molar-refractivity contribution in [2.45, 2.75) is 38.1 Å². The molecule has 0 saturated carbocycles. The van der Waals surface area contributed by atoms with E-state index >= 15 is 0 Å². The molecular weight excluding hydrogens is 436 g/mol. The van der Waals surface area contributed by atoms with Crippen molar-refractivity contribution in [1.29, 1.82) is 0 Å². The molecule has 1 saturated heterocycles. The van der Waals surface area contributed by atoms with Gasteiger partial charge in [-0.15, -0.1) is 0 Å². The maximum absolute atomic E-state index is 12.9. The summed E-state index contributed by atoms with van der Waals surface area (Å²) < 4.78 is 22.8. The number of likely N-dealkylation sites (tertiary alicyclic amines) is 1. The summed E-state index contributed by atoms with van der Waals surface area (Å²) in [5.74, 6) is 2.57. The van der Waals surface area contributed by atoms with E-state index < -0.39 is 0 Å². The van der Waals surface area contributed by atoms with Crippen LogP contribution in [0.2, 0.25) is 0 Å². The Morgan fingerprint density at radius 3 is 2.74 bits per heavy atom. The normalized spacial score (nSPS) is 20.8. The van der Waals surface area contributed by atoms with Crippen LogP contribution in [0.15, 0.2) is 53.1 Å². The van der Waals surface area contributed by atoms with Gasteiger partial charge in [0, 0.05) is 26.6 Å². The highest BCUT2D eigenvalue weighted by Crippen LogP contribution is 2.25. The Morgan fingerprint density at radius 2 is 1.91 bits per heavy atom. The number of nitrogens with zero attached hydrogens (tertiary/aromatic N) is 3. The van der Waals surface area contributed by atoms with Crippen LogP contribution in [0.25, 0.3) is 0 Å². The fourth-order valence-electron chi connectivity index (χ4n) is 4.33. The van der Waals surface area contributed by atoms with Gasteiger partial charge in [-0.2, -0.15) is 4.98 Å². The van der Waals surface area contributed by atoms with Crippen molar-refractivity contribution >= 4 is 5.91 Å². The molecule has 3 aromatic rings. The molecule has 2 atom stereocenters. The van der Waals surface area contributed by atoms with Crippen molar-refractivity contribution in [3.8, 4) is 11.5 Å². The summed E-state index contributed by atoms with van der Waals surface area (Å²) in [6, 6.07) is 15.4. The number of carbonyl (C=O) groups excluding carboxylic acids is 1. The minimum absolute atomic E-state index is 0.0483. The average Bonchev–Trinajstić information content (AvgIpc) is 3.42. The molecule has 9 nitrogen and oxygen atoms in total. The quantitative estimate of drug-likeness (QED) is 0.615. The molecule has 9 heteroatoms. The molecule has 1 amide bonds. The van der Waals surface area contributed by atoms with E-state index in [1.165, 1.54) is 0 Å². The number of benzene rings is 2. The van der Waals surface area contributed by atoms with Gasteiger partial charge in [-0.25, -0.2) is 0 Å². The molecule has 2 aliphatic heterocycles. The first-order chi connectivity index (χ1) is 16.6. The van der Waals surface area contributed by atoms with E-state index in [9.17, 15) is 4.79 Å². The van der Waals surface area contributed by atoms with Crippen LogP contribution in [-0.4, -0.2) is 59.9 Å². The van der Waals surface area contributed by atoms with Crippen molar-refractivity contribution in [3.63, 3.8) is 0 Å². The van der Waals surface area contributed by atoms with Gasteiger partial charge in [0.1, 0.15) is 11.5 Å². The van der Waals surface area contributed by atoms with E-state index in [1.54, 1.807) is 7.11 Å². The number of carbonyl (C=O) groups is 1. The first-order valence-corrected chi connectivity index (χ1v) is 11.4. The highest BCUT2D eigenvalue weighted by Gasteiger charge is 2.35. The lowest BCUT2D eigenvalue weighted by Gasteiger charge is -2.21. The zero-order valence-corrected chi connectivity index (χ0v) is 19.1. The van der Waals surface area contributed by atoms with Gasteiger partial charge in [-0.05, 0) is 35.4 Å². The van der Waals surface area contributed by atoms with E-state index in [1.807, 2.05) is 48.5 Å². The van der Waals surface area contributed by atoms with E-state index in [4.69, 9.17) is 18.7 Å². The molecule has 5 rings (SSSR count). The molecule has 4 bridgehead atoms. The number of rotatable bonds is 5. The Labute approximate surface area is 198 Å². The van der Waals surface area contributed by atoms with Crippen molar-refractivity contribution in [2.75, 3.05) is 26.8 Å². The number of aromatic nitrogens is 2. The van der Waals surface area contributed by atoms with Crippen molar-refractivity contribution in [3.05, 3.63) is 71.4 Å². The fourth-order valence-corrected chi connectivity index (χ4v) is 4.33. The highest BCUT2D eigenvalue weighted by molar-refractivity contribution is 5.79. The van der Waals surface area contributed by atoms with Crippen LogP contribution in [0.5, 0.6) is 11.5 Å². The first-order valence-electron chi connectivity index (χ1n) is 11.4. The molecule has 2 aromatic carbocycles. The Hall–Kier alpha value is -3.27. The maximum atomic E-state index is 12.9. The molecular formula is C25H28N4O5. The van der Waals surface area contributed by atoms with Gasteiger partial charge < -0.3 is 24.1 Å². The smallest absolute Gasteiger partial charge is 0.240 e. The zero-order valence-electron chi connectivity index (χ0n) is 19.1. The molecule has 34 heavy (non-hydrogen) atoms. The maximum Gasteiger partial charge on any atom is 0.240 e. The lowest BCUT2D eigenvalue weighted by atomic mass is 10.1. The van der Waals surface area contributed by atoms with E-state index in [0.717, 1.165) is 16.9 Å². The zero-order chi connectivity index (χ0) is 23.3. The molecule has 1 N–H and O–H groups in total.